The Morgan fingerprint density at radius 1 is 1.40 bits per heavy atom. The molecule has 0 spiro atoms. The molecule has 1 aliphatic heterocycles. The summed E-state index contributed by atoms with van der Waals surface area (Å²) in [5.41, 5.74) is 8.08. The van der Waals surface area contributed by atoms with Crippen LogP contribution in [0.3, 0.4) is 0 Å². The molecule has 20 heavy (non-hydrogen) atoms. The predicted octanol–water partition coefficient (Wildman–Crippen LogP) is 1.50. The van der Waals surface area contributed by atoms with E-state index in [1.54, 1.807) is 0 Å². The van der Waals surface area contributed by atoms with E-state index in [-0.39, 0.29) is 18.1 Å². The molecule has 2 rings (SSSR count). The molecule has 0 aromatic heterocycles. The normalized spacial score (nSPS) is 22.9. The van der Waals surface area contributed by atoms with Crippen LogP contribution in [0.2, 0.25) is 0 Å². The summed E-state index contributed by atoms with van der Waals surface area (Å²) in [5.74, 6) is 0.194. The Kier molecular flexibility index (Phi) is 5.15. The first-order chi connectivity index (χ1) is 9.60. The van der Waals surface area contributed by atoms with Gasteiger partial charge in [0.1, 0.15) is 0 Å². The molecule has 0 saturated carbocycles. The molecule has 4 nitrogen and oxygen atoms in total. The van der Waals surface area contributed by atoms with Crippen LogP contribution >= 0.6 is 0 Å². The molecule has 0 radical (unpaired) electrons. The van der Waals surface area contributed by atoms with Crippen molar-refractivity contribution in [3.8, 4) is 0 Å². The molecule has 4 heteroatoms. The summed E-state index contributed by atoms with van der Waals surface area (Å²) in [4.78, 5) is 14.3. The van der Waals surface area contributed by atoms with E-state index in [4.69, 9.17) is 10.5 Å². The number of nitrogens with zero attached hydrogens (tertiary/aromatic N) is 1. The maximum absolute atomic E-state index is 12.3. The van der Waals surface area contributed by atoms with Gasteiger partial charge in [0.05, 0.1) is 18.8 Å². The van der Waals surface area contributed by atoms with Gasteiger partial charge >= 0.3 is 0 Å². The number of nitrogens with two attached hydrogens (primary N) is 1. The molecule has 1 aliphatic rings. The Bertz CT molecular complexity index is 444. The van der Waals surface area contributed by atoms with Crippen molar-refractivity contribution in [2.75, 3.05) is 19.7 Å². The third kappa shape index (κ3) is 3.81. The smallest absolute Gasteiger partial charge is 0.223 e. The molecular weight excluding hydrogens is 252 g/mol. The third-order valence-corrected chi connectivity index (χ3v) is 3.84. The zero-order valence-electron chi connectivity index (χ0n) is 12.3. The molecule has 1 amide bonds. The molecule has 0 bridgehead atoms. The molecule has 2 unspecified atom stereocenters. The van der Waals surface area contributed by atoms with Crippen LogP contribution in [0, 0.1) is 6.92 Å². The van der Waals surface area contributed by atoms with Gasteiger partial charge in [0.2, 0.25) is 5.91 Å². The largest absolute Gasteiger partial charge is 0.373 e. The molecule has 1 fully saturated rings. The minimum absolute atomic E-state index is 0.0190. The molecule has 0 aliphatic carbocycles. The SMILES string of the molecule is Cc1ccc(CCC(=O)N2CC(CN)OCC2C)cc1. The quantitative estimate of drug-likeness (QED) is 0.906. The second-order valence-electron chi connectivity index (χ2n) is 5.57. The van der Waals surface area contributed by atoms with Gasteiger partial charge in [-0.05, 0) is 25.8 Å². The number of hydrogen-bond donors (Lipinski definition) is 1. The highest BCUT2D eigenvalue weighted by Gasteiger charge is 2.28. The first-order valence-corrected chi connectivity index (χ1v) is 7.27. The number of aryl methyl sites for hydroxylation is 2. The summed E-state index contributed by atoms with van der Waals surface area (Å²) in [7, 11) is 0. The number of morpholine rings is 1. The van der Waals surface area contributed by atoms with Gasteiger partial charge in [0, 0.05) is 19.5 Å². The van der Waals surface area contributed by atoms with Crippen LogP contribution in [0.25, 0.3) is 0 Å². The van der Waals surface area contributed by atoms with Crippen molar-refractivity contribution in [3.63, 3.8) is 0 Å². The first kappa shape index (κ1) is 15.0. The Morgan fingerprint density at radius 3 is 2.75 bits per heavy atom. The Hall–Kier alpha value is -1.39. The Labute approximate surface area is 120 Å². The van der Waals surface area contributed by atoms with Crippen LogP contribution in [-0.2, 0) is 16.0 Å². The van der Waals surface area contributed by atoms with Gasteiger partial charge in [-0.3, -0.25) is 4.79 Å². The summed E-state index contributed by atoms with van der Waals surface area (Å²) in [6.07, 6.45) is 1.32. The van der Waals surface area contributed by atoms with Gasteiger partial charge in [-0.25, -0.2) is 0 Å². The fourth-order valence-electron chi connectivity index (χ4n) is 2.46. The second kappa shape index (κ2) is 6.86. The van der Waals surface area contributed by atoms with Crippen LogP contribution in [0.4, 0.5) is 0 Å². The number of ether oxygens (including phenoxy) is 1. The van der Waals surface area contributed by atoms with Crippen molar-refractivity contribution < 1.29 is 9.53 Å². The van der Waals surface area contributed by atoms with E-state index in [0.717, 1.165) is 6.42 Å². The molecule has 2 N–H and O–H groups in total. The monoisotopic (exact) mass is 276 g/mol. The lowest BCUT2D eigenvalue weighted by molar-refractivity contribution is -0.143. The average molecular weight is 276 g/mol. The highest BCUT2D eigenvalue weighted by atomic mass is 16.5. The zero-order valence-corrected chi connectivity index (χ0v) is 12.3. The molecule has 1 aromatic carbocycles. The van der Waals surface area contributed by atoms with E-state index in [9.17, 15) is 4.79 Å². The Morgan fingerprint density at radius 2 is 2.10 bits per heavy atom. The number of carbonyl (C=O) groups is 1. The average Bonchev–Trinajstić information content (AvgIpc) is 2.47. The molecule has 1 saturated heterocycles. The minimum atomic E-state index is -0.0190. The van der Waals surface area contributed by atoms with Crippen molar-refractivity contribution in [2.45, 2.75) is 38.8 Å². The highest BCUT2D eigenvalue weighted by molar-refractivity contribution is 5.77. The van der Waals surface area contributed by atoms with Gasteiger partial charge in [0.15, 0.2) is 0 Å². The maximum Gasteiger partial charge on any atom is 0.223 e. The van der Waals surface area contributed by atoms with Crippen LogP contribution in [0.15, 0.2) is 24.3 Å². The van der Waals surface area contributed by atoms with Crippen molar-refractivity contribution in [2.24, 2.45) is 5.73 Å². The molecule has 1 heterocycles. The topological polar surface area (TPSA) is 55.6 Å². The van der Waals surface area contributed by atoms with E-state index in [2.05, 4.69) is 31.2 Å². The van der Waals surface area contributed by atoms with Crippen LogP contribution in [0.1, 0.15) is 24.5 Å². The van der Waals surface area contributed by atoms with Crippen molar-refractivity contribution in [1.29, 1.82) is 0 Å². The zero-order chi connectivity index (χ0) is 14.5. The molecule has 2 atom stereocenters. The van der Waals surface area contributed by atoms with E-state index < -0.39 is 0 Å². The highest BCUT2D eigenvalue weighted by Crippen LogP contribution is 2.14. The van der Waals surface area contributed by atoms with Gasteiger partial charge < -0.3 is 15.4 Å². The number of rotatable bonds is 4. The predicted molar refractivity (Wildman–Crippen MR) is 79.5 cm³/mol. The van der Waals surface area contributed by atoms with E-state index >= 15 is 0 Å². The summed E-state index contributed by atoms with van der Waals surface area (Å²) in [5, 5.41) is 0. The summed E-state index contributed by atoms with van der Waals surface area (Å²) in [6, 6.07) is 8.49. The number of hydrogen-bond acceptors (Lipinski definition) is 3. The van der Waals surface area contributed by atoms with Gasteiger partial charge in [-0.2, -0.15) is 0 Å². The lowest BCUT2D eigenvalue weighted by atomic mass is 10.1. The van der Waals surface area contributed by atoms with Crippen molar-refractivity contribution in [3.05, 3.63) is 35.4 Å². The standard InChI is InChI=1S/C16H24N2O2/c1-12-3-5-14(6-4-12)7-8-16(19)18-10-15(9-17)20-11-13(18)2/h3-6,13,15H,7-11,17H2,1-2H3. The molecule has 110 valence electrons. The lowest BCUT2D eigenvalue weighted by Crippen LogP contribution is -2.52. The number of amides is 1. The second-order valence-corrected chi connectivity index (χ2v) is 5.57. The van der Waals surface area contributed by atoms with E-state index in [1.165, 1.54) is 11.1 Å². The fourth-order valence-corrected chi connectivity index (χ4v) is 2.46. The van der Waals surface area contributed by atoms with Gasteiger partial charge in [-0.15, -0.1) is 0 Å². The fraction of sp³-hybridized carbons (Fsp3) is 0.562. The van der Waals surface area contributed by atoms with Crippen LogP contribution in [0.5, 0.6) is 0 Å². The van der Waals surface area contributed by atoms with Crippen LogP contribution in [-0.4, -0.2) is 42.6 Å². The number of carbonyl (C=O) groups excluding carboxylic acids is 1. The summed E-state index contributed by atoms with van der Waals surface area (Å²) >= 11 is 0. The van der Waals surface area contributed by atoms with Gasteiger partial charge in [0.25, 0.3) is 0 Å². The van der Waals surface area contributed by atoms with Crippen molar-refractivity contribution >= 4 is 5.91 Å². The van der Waals surface area contributed by atoms with Crippen molar-refractivity contribution in [1.82, 2.24) is 4.90 Å². The molecule has 1 aromatic rings. The number of benzene rings is 1. The third-order valence-electron chi connectivity index (χ3n) is 3.84. The van der Waals surface area contributed by atoms with Crippen LogP contribution < -0.4 is 5.73 Å². The maximum atomic E-state index is 12.3. The lowest BCUT2D eigenvalue weighted by Gasteiger charge is -2.37. The molecular formula is C16H24N2O2. The minimum Gasteiger partial charge on any atom is -0.373 e. The first-order valence-electron chi connectivity index (χ1n) is 7.27. The van der Waals surface area contributed by atoms with Gasteiger partial charge in [-0.1, -0.05) is 29.8 Å². The summed E-state index contributed by atoms with van der Waals surface area (Å²) in [6.45, 7) is 5.75. The summed E-state index contributed by atoms with van der Waals surface area (Å²) < 4.78 is 5.58. The Balaban J connectivity index is 1.88. The van der Waals surface area contributed by atoms with E-state index in [0.29, 0.717) is 26.1 Å². The van der Waals surface area contributed by atoms with E-state index in [1.807, 2.05) is 11.8 Å².